The van der Waals surface area contributed by atoms with E-state index in [0.717, 1.165) is 55.9 Å². The smallest absolute Gasteiger partial charge is 0.244 e. The van der Waals surface area contributed by atoms with Gasteiger partial charge in [0.15, 0.2) is 0 Å². The number of aromatic amines is 1. The maximum Gasteiger partial charge on any atom is 0.244 e. The van der Waals surface area contributed by atoms with Crippen molar-refractivity contribution in [3.05, 3.63) is 36.0 Å². The average Bonchev–Trinajstić information content (AvgIpc) is 3.01. The van der Waals surface area contributed by atoms with Crippen LogP contribution in [-0.2, 0) is 9.53 Å². The van der Waals surface area contributed by atoms with Gasteiger partial charge in [-0.3, -0.25) is 14.8 Å². The topological polar surface area (TPSA) is 70.2 Å². The van der Waals surface area contributed by atoms with Gasteiger partial charge < -0.3 is 10.1 Å². The number of hydrogen-bond donors (Lipinski definition) is 2. The van der Waals surface area contributed by atoms with Crippen LogP contribution in [0.25, 0.3) is 17.0 Å². The molecule has 0 radical (unpaired) electrons. The molecular formula is C17H22N4O2. The Morgan fingerprint density at radius 2 is 2.17 bits per heavy atom. The number of nitrogens with zero attached hydrogens (tertiary/aromatic N) is 2. The lowest BCUT2D eigenvalue weighted by Gasteiger charge is -2.26. The summed E-state index contributed by atoms with van der Waals surface area (Å²) in [4.78, 5) is 14.2. The quantitative estimate of drug-likeness (QED) is 0.625. The van der Waals surface area contributed by atoms with Crippen LogP contribution in [0.5, 0.6) is 0 Å². The van der Waals surface area contributed by atoms with Gasteiger partial charge in [0, 0.05) is 31.1 Å². The maximum atomic E-state index is 11.9. The zero-order valence-corrected chi connectivity index (χ0v) is 13.1. The van der Waals surface area contributed by atoms with Gasteiger partial charge in [-0.2, -0.15) is 5.10 Å². The van der Waals surface area contributed by atoms with Gasteiger partial charge in [0.05, 0.1) is 24.4 Å². The second-order valence-corrected chi connectivity index (χ2v) is 5.59. The Bertz CT molecular complexity index is 674. The van der Waals surface area contributed by atoms with Crippen molar-refractivity contribution in [1.29, 1.82) is 0 Å². The van der Waals surface area contributed by atoms with Crippen LogP contribution in [0.1, 0.15) is 12.1 Å². The molecule has 2 aromatic rings. The first kappa shape index (κ1) is 15.7. The number of nitrogens with one attached hydrogen (secondary N) is 2. The van der Waals surface area contributed by atoms with Crippen molar-refractivity contribution in [3.8, 4) is 0 Å². The Morgan fingerprint density at radius 1 is 1.35 bits per heavy atom. The van der Waals surface area contributed by atoms with Gasteiger partial charge in [-0.05, 0) is 25.1 Å². The maximum absolute atomic E-state index is 11.9. The van der Waals surface area contributed by atoms with E-state index in [0.29, 0.717) is 6.54 Å². The number of H-pyrrole nitrogens is 1. The first-order valence-electron chi connectivity index (χ1n) is 8.02. The minimum absolute atomic E-state index is 0.0842. The molecule has 0 saturated carbocycles. The molecule has 0 unspecified atom stereocenters. The number of morpholine rings is 1. The molecule has 122 valence electrons. The molecule has 2 heterocycles. The second kappa shape index (κ2) is 7.89. The van der Waals surface area contributed by atoms with Crippen LogP contribution in [0.15, 0.2) is 30.3 Å². The van der Waals surface area contributed by atoms with E-state index in [1.165, 1.54) is 6.08 Å². The van der Waals surface area contributed by atoms with Gasteiger partial charge >= 0.3 is 0 Å². The fraction of sp³-hybridized carbons (Fsp3) is 0.412. The number of carbonyl (C=O) groups is 1. The predicted molar refractivity (Wildman–Crippen MR) is 90.0 cm³/mol. The summed E-state index contributed by atoms with van der Waals surface area (Å²) >= 11 is 0. The van der Waals surface area contributed by atoms with Gasteiger partial charge in [0.2, 0.25) is 5.91 Å². The molecule has 1 saturated heterocycles. The van der Waals surface area contributed by atoms with Crippen LogP contribution in [0.3, 0.4) is 0 Å². The highest BCUT2D eigenvalue weighted by molar-refractivity contribution is 5.95. The number of rotatable bonds is 6. The summed E-state index contributed by atoms with van der Waals surface area (Å²) in [5.74, 6) is -0.0842. The van der Waals surface area contributed by atoms with Gasteiger partial charge in [0.25, 0.3) is 0 Å². The van der Waals surface area contributed by atoms with Crippen LogP contribution in [0, 0.1) is 0 Å². The number of ether oxygens (including phenoxy) is 1. The van der Waals surface area contributed by atoms with E-state index >= 15 is 0 Å². The Hall–Kier alpha value is -2.18. The standard InChI is InChI=1S/C17H22N4O2/c22-17(18-8-3-9-21-10-12-23-13-11-21)7-6-16-14-4-1-2-5-15(14)19-20-16/h1-2,4-7H,3,8-13H2,(H,18,22)(H,19,20)/b7-6+. The minimum Gasteiger partial charge on any atom is -0.379 e. The van der Waals surface area contributed by atoms with Crippen molar-refractivity contribution in [2.24, 2.45) is 0 Å². The zero-order chi connectivity index (χ0) is 15.9. The van der Waals surface area contributed by atoms with Gasteiger partial charge in [-0.25, -0.2) is 0 Å². The van der Waals surface area contributed by atoms with Gasteiger partial charge in [0.1, 0.15) is 0 Å². The monoisotopic (exact) mass is 314 g/mol. The predicted octanol–water partition coefficient (Wildman–Crippen LogP) is 1.41. The number of amides is 1. The fourth-order valence-electron chi connectivity index (χ4n) is 2.66. The fourth-order valence-corrected chi connectivity index (χ4v) is 2.66. The largest absolute Gasteiger partial charge is 0.379 e. The molecule has 0 aliphatic carbocycles. The first-order valence-corrected chi connectivity index (χ1v) is 8.02. The number of benzene rings is 1. The highest BCUT2D eigenvalue weighted by Gasteiger charge is 2.09. The zero-order valence-electron chi connectivity index (χ0n) is 13.1. The summed E-state index contributed by atoms with van der Waals surface area (Å²) in [6, 6.07) is 7.86. The summed E-state index contributed by atoms with van der Waals surface area (Å²) in [5.41, 5.74) is 1.75. The Morgan fingerprint density at radius 3 is 3.04 bits per heavy atom. The molecule has 0 atom stereocenters. The molecule has 23 heavy (non-hydrogen) atoms. The second-order valence-electron chi connectivity index (χ2n) is 5.59. The van der Waals surface area contributed by atoms with E-state index < -0.39 is 0 Å². The summed E-state index contributed by atoms with van der Waals surface area (Å²) in [7, 11) is 0. The highest BCUT2D eigenvalue weighted by Crippen LogP contribution is 2.15. The molecule has 1 fully saturated rings. The van der Waals surface area contributed by atoms with Crippen molar-refractivity contribution in [1.82, 2.24) is 20.4 Å². The average molecular weight is 314 g/mol. The van der Waals surface area contributed by atoms with Crippen LogP contribution < -0.4 is 5.32 Å². The number of hydrogen-bond acceptors (Lipinski definition) is 4. The molecule has 2 N–H and O–H groups in total. The van der Waals surface area contributed by atoms with Gasteiger partial charge in [-0.15, -0.1) is 0 Å². The van der Waals surface area contributed by atoms with E-state index in [1.807, 2.05) is 24.3 Å². The Kier molecular flexibility index (Phi) is 5.39. The SMILES string of the molecule is O=C(/C=C/c1n[nH]c2ccccc12)NCCCN1CCOCC1. The van der Waals surface area contributed by atoms with Crippen LogP contribution in [0.4, 0.5) is 0 Å². The number of fused-ring (bicyclic) bond motifs is 1. The summed E-state index contributed by atoms with van der Waals surface area (Å²) < 4.78 is 5.31. The number of para-hydroxylation sites is 1. The highest BCUT2D eigenvalue weighted by atomic mass is 16.5. The lowest BCUT2D eigenvalue weighted by atomic mass is 10.2. The number of carbonyl (C=O) groups excluding carboxylic acids is 1. The van der Waals surface area contributed by atoms with E-state index in [9.17, 15) is 4.79 Å². The summed E-state index contributed by atoms with van der Waals surface area (Å²) in [6.45, 7) is 5.28. The lowest BCUT2D eigenvalue weighted by molar-refractivity contribution is -0.116. The van der Waals surface area contributed by atoms with Crippen LogP contribution in [0.2, 0.25) is 0 Å². The minimum atomic E-state index is -0.0842. The molecule has 1 aromatic heterocycles. The summed E-state index contributed by atoms with van der Waals surface area (Å²) in [6.07, 6.45) is 4.23. The van der Waals surface area contributed by atoms with Crippen molar-refractivity contribution in [3.63, 3.8) is 0 Å². The van der Waals surface area contributed by atoms with Crippen molar-refractivity contribution < 1.29 is 9.53 Å². The third-order valence-electron chi connectivity index (χ3n) is 3.95. The molecule has 6 nitrogen and oxygen atoms in total. The van der Waals surface area contributed by atoms with E-state index in [2.05, 4.69) is 20.4 Å². The van der Waals surface area contributed by atoms with Crippen LogP contribution in [-0.4, -0.2) is 60.4 Å². The Labute approximate surface area is 135 Å². The van der Waals surface area contributed by atoms with E-state index in [4.69, 9.17) is 4.74 Å². The third kappa shape index (κ3) is 4.40. The first-order chi connectivity index (χ1) is 11.3. The van der Waals surface area contributed by atoms with E-state index in [1.54, 1.807) is 6.08 Å². The third-order valence-corrected chi connectivity index (χ3v) is 3.95. The molecule has 6 heteroatoms. The molecule has 3 rings (SSSR count). The van der Waals surface area contributed by atoms with Crippen molar-refractivity contribution in [2.75, 3.05) is 39.4 Å². The molecule has 0 spiro atoms. The molecular weight excluding hydrogens is 292 g/mol. The molecule has 1 aliphatic heterocycles. The lowest BCUT2D eigenvalue weighted by Crippen LogP contribution is -2.38. The normalized spacial score (nSPS) is 16.2. The van der Waals surface area contributed by atoms with E-state index in [-0.39, 0.29) is 5.91 Å². The molecule has 0 bridgehead atoms. The number of aromatic nitrogens is 2. The van der Waals surface area contributed by atoms with Crippen molar-refractivity contribution >= 4 is 22.9 Å². The molecule has 1 aliphatic rings. The van der Waals surface area contributed by atoms with Crippen LogP contribution >= 0.6 is 0 Å². The molecule has 1 amide bonds. The van der Waals surface area contributed by atoms with Crippen molar-refractivity contribution in [2.45, 2.75) is 6.42 Å². The molecule has 1 aromatic carbocycles. The Balaban J connectivity index is 1.42. The summed E-state index contributed by atoms with van der Waals surface area (Å²) in [5, 5.41) is 11.1. The van der Waals surface area contributed by atoms with Gasteiger partial charge in [-0.1, -0.05) is 18.2 Å².